The van der Waals surface area contributed by atoms with E-state index in [1.54, 1.807) is 0 Å². The van der Waals surface area contributed by atoms with Crippen LogP contribution in [-0.2, 0) is 4.74 Å². The number of hydrogen-bond donors (Lipinski definition) is 3. The molecule has 4 N–H and O–H groups in total. The molecule has 0 aliphatic rings. The predicted molar refractivity (Wildman–Crippen MR) is 83.3 cm³/mol. The number of nitrogen functional groups attached to an aromatic ring is 1. The lowest BCUT2D eigenvalue weighted by Gasteiger charge is -2.04. The van der Waals surface area contributed by atoms with Crippen molar-refractivity contribution in [3.8, 4) is 0 Å². The smallest absolute Gasteiger partial charge is 0.265 e. The fourth-order valence-corrected chi connectivity index (χ4v) is 2.27. The lowest BCUT2D eigenvalue weighted by molar-refractivity contribution is 0.0949. The van der Waals surface area contributed by atoms with E-state index in [2.05, 4.69) is 29.5 Å². The van der Waals surface area contributed by atoms with E-state index in [0.717, 1.165) is 13.0 Å². The average Bonchev–Trinajstić information content (AvgIpc) is 2.77. The Morgan fingerprint density at radius 1 is 1.50 bits per heavy atom. The third-order valence-electron chi connectivity index (χ3n) is 2.48. The van der Waals surface area contributed by atoms with E-state index in [0.29, 0.717) is 35.7 Å². The highest BCUT2D eigenvalue weighted by atomic mass is 32.1. The summed E-state index contributed by atoms with van der Waals surface area (Å²) >= 11 is 1.29. The maximum atomic E-state index is 12.0. The highest BCUT2D eigenvalue weighted by Crippen LogP contribution is 2.24. The van der Waals surface area contributed by atoms with E-state index in [1.807, 2.05) is 6.92 Å². The Balaban J connectivity index is 2.43. The Labute approximate surface area is 124 Å². The normalized spacial score (nSPS) is 10.8. The molecule has 0 atom stereocenters. The molecule has 0 saturated heterocycles. The third kappa shape index (κ3) is 5.75. The van der Waals surface area contributed by atoms with Crippen LogP contribution in [0.4, 0.5) is 10.9 Å². The molecule has 0 aliphatic heterocycles. The Bertz CT molecular complexity index is 421. The molecule has 0 aliphatic carbocycles. The molecule has 1 aromatic rings. The van der Waals surface area contributed by atoms with E-state index in [-0.39, 0.29) is 11.7 Å². The average molecular weight is 300 g/mol. The van der Waals surface area contributed by atoms with Crippen molar-refractivity contribution < 1.29 is 9.53 Å². The van der Waals surface area contributed by atoms with Crippen molar-refractivity contribution in [2.24, 2.45) is 5.92 Å². The zero-order valence-corrected chi connectivity index (χ0v) is 13.2. The first-order chi connectivity index (χ1) is 9.54. The number of amides is 1. The lowest BCUT2D eigenvalue weighted by Crippen LogP contribution is -2.25. The molecule has 0 unspecified atom stereocenters. The summed E-state index contributed by atoms with van der Waals surface area (Å²) in [7, 11) is 0. The van der Waals surface area contributed by atoms with Crippen LogP contribution in [0.3, 0.4) is 0 Å². The van der Waals surface area contributed by atoms with Gasteiger partial charge in [0.25, 0.3) is 5.91 Å². The van der Waals surface area contributed by atoms with Crippen molar-refractivity contribution >= 4 is 28.2 Å². The molecule has 20 heavy (non-hydrogen) atoms. The zero-order chi connectivity index (χ0) is 15.0. The summed E-state index contributed by atoms with van der Waals surface area (Å²) in [5.41, 5.74) is 5.77. The standard InChI is InChI=1S/C13H24N4O2S/c1-4-19-7-5-6-15-12(18)10-11(14)17-13(20-10)16-8-9(2)3/h9H,4-8,14H2,1-3H3,(H,15,18)(H,16,17). The van der Waals surface area contributed by atoms with Gasteiger partial charge >= 0.3 is 0 Å². The molecule has 1 aromatic heterocycles. The van der Waals surface area contributed by atoms with Crippen molar-refractivity contribution in [1.29, 1.82) is 0 Å². The molecule has 0 bridgehead atoms. The van der Waals surface area contributed by atoms with Crippen LogP contribution in [0.1, 0.15) is 36.9 Å². The maximum absolute atomic E-state index is 12.0. The quantitative estimate of drug-likeness (QED) is 0.607. The molecule has 1 amide bonds. The minimum absolute atomic E-state index is 0.172. The number of anilines is 2. The molecule has 6 nitrogen and oxygen atoms in total. The zero-order valence-electron chi connectivity index (χ0n) is 12.4. The van der Waals surface area contributed by atoms with Gasteiger partial charge in [-0.15, -0.1) is 0 Å². The topological polar surface area (TPSA) is 89.3 Å². The molecular weight excluding hydrogens is 276 g/mol. The van der Waals surface area contributed by atoms with E-state index >= 15 is 0 Å². The Hall–Kier alpha value is -1.34. The highest BCUT2D eigenvalue weighted by molar-refractivity contribution is 7.18. The van der Waals surface area contributed by atoms with Crippen LogP contribution in [0, 0.1) is 5.92 Å². The number of rotatable bonds is 9. The molecule has 0 radical (unpaired) electrons. The molecule has 1 rings (SSSR count). The molecule has 0 saturated carbocycles. The maximum Gasteiger partial charge on any atom is 0.265 e. The number of carbonyl (C=O) groups is 1. The van der Waals surface area contributed by atoms with Crippen LogP contribution in [0.2, 0.25) is 0 Å². The number of hydrogen-bond acceptors (Lipinski definition) is 6. The first kappa shape index (κ1) is 16.7. The van der Waals surface area contributed by atoms with Crippen molar-refractivity contribution in [2.75, 3.05) is 37.4 Å². The van der Waals surface area contributed by atoms with Crippen LogP contribution in [0.15, 0.2) is 0 Å². The van der Waals surface area contributed by atoms with Gasteiger partial charge in [0.15, 0.2) is 5.13 Å². The van der Waals surface area contributed by atoms with Gasteiger partial charge in [0, 0.05) is 26.3 Å². The van der Waals surface area contributed by atoms with E-state index in [4.69, 9.17) is 10.5 Å². The van der Waals surface area contributed by atoms with Crippen molar-refractivity contribution in [1.82, 2.24) is 10.3 Å². The number of thiazole rings is 1. The molecule has 0 fully saturated rings. The summed E-state index contributed by atoms with van der Waals surface area (Å²) in [5.74, 6) is 0.619. The largest absolute Gasteiger partial charge is 0.382 e. The SMILES string of the molecule is CCOCCCNC(=O)c1sc(NCC(C)C)nc1N. The van der Waals surface area contributed by atoms with E-state index < -0.39 is 0 Å². The summed E-state index contributed by atoms with van der Waals surface area (Å²) in [5, 5.41) is 6.68. The number of nitrogens with one attached hydrogen (secondary N) is 2. The molecule has 0 aromatic carbocycles. The highest BCUT2D eigenvalue weighted by Gasteiger charge is 2.15. The van der Waals surface area contributed by atoms with Gasteiger partial charge in [-0.05, 0) is 19.3 Å². The van der Waals surface area contributed by atoms with Crippen molar-refractivity contribution in [2.45, 2.75) is 27.2 Å². The van der Waals surface area contributed by atoms with Gasteiger partial charge in [-0.1, -0.05) is 25.2 Å². The van der Waals surface area contributed by atoms with Crippen LogP contribution in [0.5, 0.6) is 0 Å². The van der Waals surface area contributed by atoms with Gasteiger partial charge in [0.1, 0.15) is 10.7 Å². The van der Waals surface area contributed by atoms with Gasteiger partial charge < -0.3 is 21.1 Å². The van der Waals surface area contributed by atoms with Crippen LogP contribution in [0.25, 0.3) is 0 Å². The summed E-state index contributed by atoms with van der Waals surface area (Å²) in [6.07, 6.45) is 0.788. The predicted octanol–water partition coefficient (Wildman–Crippen LogP) is 1.95. The summed E-state index contributed by atoms with van der Waals surface area (Å²) in [6, 6.07) is 0. The number of nitrogens with zero attached hydrogens (tertiary/aromatic N) is 1. The number of nitrogens with two attached hydrogens (primary N) is 1. The van der Waals surface area contributed by atoms with Crippen molar-refractivity contribution in [3.63, 3.8) is 0 Å². The van der Waals surface area contributed by atoms with Gasteiger partial charge in [0.05, 0.1) is 0 Å². The minimum atomic E-state index is -0.172. The lowest BCUT2D eigenvalue weighted by atomic mass is 10.2. The molecule has 7 heteroatoms. The first-order valence-electron chi connectivity index (χ1n) is 6.90. The Morgan fingerprint density at radius 2 is 2.25 bits per heavy atom. The van der Waals surface area contributed by atoms with E-state index in [9.17, 15) is 4.79 Å². The van der Waals surface area contributed by atoms with Crippen molar-refractivity contribution in [3.05, 3.63) is 4.88 Å². The molecular formula is C13H24N4O2S. The van der Waals surface area contributed by atoms with Gasteiger partial charge in [0.2, 0.25) is 0 Å². The van der Waals surface area contributed by atoms with Gasteiger partial charge in [-0.3, -0.25) is 4.79 Å². The second-order valence-corrected chi connectivity index (χ2v) is 5.81. The Kier molecular flexibility index (Phi) is 7.32. The van der Waals surface area contributed by atoms with E-state index in [1.165, 1.54) is 11.3 Å². The Morgan fingerprint density at radius 3 is 2.90 bits per heavy atom. The number of ether oxygens (including phenoxy) is 1. The monoisotopic (exact) mass is 300 g/mol. The molecule has 0 spiro atoms. The fraction of sp³-hybridized carbons (Fsp3) is 0.692. The second kappa shape index (κ2) is 8.76. The fourth-order valence-electron chi connectivity index (χ4n) is 1.46. The molecule has 1 heterocycles. The third-order valence-corrected chi connectivity index (χ3v) is 3.50. The summed E-state index contributed by atoms with van der Waals surface area (Å²) < 4.78 is 5.21. The number of carbonyl (C=O) groups excluding carboxylic acids is 1. The minimum Gasteiger partial charge on any atom is -0.382 e. The van der Waals surface area contributed by atoms with Crippen LogP contribution < -0.4 is 16.4 Å². The van der Waals surface area contributed by atoms with Crippen LogP contribution >= 0.6 is 11.3 Å². The van der Waals surface area contributed by atoms with Gasteiger partial charge in [-0.2, -0.15) is 0 Å². The second-order valence-electron chi connectivity index (χ2n) is 4.81. The summed E-state index contributed by atoms with van der Waals surface area (Å²) in [6.45, 7) is 8.89. The van der Waals surface area contributed by atoms with Crippen LogP contribution in [-0.4, -0.2) is 37.2 Å². The first-order valence-corrected chi connectivity index (χ1v) is 7.72. The number of aromatic nitrogens is 1. The molecule has 114 valence electrons. The summed E-state index contributed by atoms with van der Waals surface area (Å²) in [4.78, 5) is 16.6. The van der Waals surface area contributed by atoms with Gasteiger partial charge in [-0.25, -0.2) is 4.98 Å².